The predicted molar refractivity (Wildman–Crippen MR) is 92.8 cm³/mol. The van der Waals surface area contributed by atoms with E-state index in [2.05, 4.69) is 26.2 Å². The maximum Gasteiger partial charge on any atom is 0.237 e. The van der Waals surface area contributed by atoms with E-state index < -0.39 is 0 Å². The number of para-hydroxylation sites is 1. The van der Waals surface area contributed by atoms with Gasteiger partial charge in [-0.15, -0.1) is 0 Å². The molecule has 1 amide bonds. The molecule has 2 unspecified atom stereocenters. The lowest BCUT2D eigenvalue weighted by atomic mass is 10.1. The summed E-state index contributed by atoms with van der Waals surface area (Å²) < 4.78 is 2.09. The number of nitrogens with zero attached hydrogens (tertiary/aromatic N) is 3. The minimum absolute atomic E-state index is 0.0219. The van der Waals surface area contributed by atoms with E-state index in [1.54, 1.807) is 0 Å². The van der Waals surface area contributed by atoms with Gasteiger partial charge in [-0.05, 0) is 25.5 Å². The van der Waals surface area contributed by atoms with E-state index in [1.807, 2.05) is 31.3 Å². The van der Waals surface area contributed by atoms with Crippen molar-refractivity contribution in [2.24, 2.45) is 7.05 Å². The molecule has 0 aliphatic carbocycles. The summed E-state index contributed by atoms with van der Waals surface area (Å²) in [7, 11) is 2.00. The molecule has 3 heterocycles. The number of hydrogen-bond donors (Lipinski definition) is 2. The molecule has 24 heavy (non-hydrogen) atoms. The Morgan fingerprint density at radius 1 is 1.38 bits per heavy atom. The number of aryl methyl sites for hydroxylation is 1. The Bertz CT molecular complexity index is 830. The largest absolute Gasteiger partial charge is 0.355 e. The van der Waals surface area contributed by atoms with Gasteiger partial charge in [0, 0.05) is 31.6 Å². The molecule has 0 radical (unpaired) electrons. The number of benzene rings is 1. The summed E-state index contributed by atoms with van der Waals surface area (Å²) in [5.74, 6) is 1.06. The first-order valence-corrected chi connectivity index (χ1v) is 8.45. The van der Waals surface area contributed by atoms with E-state index >= 15 is 0 Å². The summed E-state index contributed by atoms with van der Waals surface area (Å²) in [5.41, 5.74) is 1.79. The molecule has 2 fully saturated rings. The van der Waals surface area contributed by atoms with Gasteiger partial charge < -0.3 is 20.1 Å². The van der Waals surface area contributed by atoms with Crippen molar-refractivity contribution >= 4 is 22.6 Å². The summed E-state index contributed by atoms with van der Waals surface area (Å²) in [5, 5.41) is 16.9. The minimum Gasteiger partial charge on any atom is -0.355 e. The van der Waals surface area contributed by atoms with Gasteiger partial charge >= 0.3 is 0 Å². The maximum atomic E-state index is 12.1. The Morgan fingerprint density at radius 3 is 2.88 bits per heavy atom. The molecule has 2 N–H and O–H groups in total. The third-order valence-corrected chi connectivity index (χ3v) is 5.16. The number of rotatable bonds is 3. The Labute approximate surface area is 141 Å². The highest BCUT2D eigenvalue weighted by atomic mass is 16.2. The van der Waals surface area contributed by atoms with Gasteiger partial charge in [-0.25, -0.2) is 0 Å². The number of carbonyl (C=O) groups is 1. The Kier molecular flexibility index (Phi) is 3.66. The second-order valence-electron chi connectivity index (χ2n) is 6.62. The van der Waals surface area contributed by atoms with Crippen molar-refractivity contribution in [2.75, 3.05) is 24.5 Å². The lowest BCUT2D eigenvalue weighted by Gasteiger charge is -2.28. The number of fused-ring (bicyclic) bond motifs is 1. The second kappa shape index (κ2) is 5.84. The fraction of sp³-hybridized carbons (Fsp3) is 0.444. The van der Waals surface area contributed by atoms with Gasteiger partial charge in [-0.2, -0.15) is 5.26 Å². The van der Waals surface area contributed by atoms with Crippen molar-refractivity contribution < 1.29 is 4.79 Å². The zero-order valence-corrected chi connectivity index (χ0v) is 13.7. The highest BCUT2D eigenvalue weighted by Crippen LogP contribution is 2.33. The molecule has 0 spiro atoms. The third kappa shape index (κ3) is 2.33. The van der Waals surface area contributed by atoms with Crippen molar-refractivity contribution in [2.45, 2.75) is 24.9 Å². The van der Waals surface area contributed by atoms with Crippen LogP contribution in [0.4, 0.5) is 5.82 Å². The van der Waals surface area contributed by atoms with Crippen LogP contribution in [0.2, 0.25) is 0 Å². The molecule has 2 atom stereocenters. The van der Waals surface area contributed by atoms with Crippen molar-refractivity contribution in [1.82, 2.24) is 15.2 Å². The molecule has 2 aliphatic heterocycles. The number of nitrogens with one attached hydrogen (secondary N) is 2. The van der Waals surface area contributed by atoms with Crippen LogP contribution >= 0.6 is 0 Å². The molecule has 4 rings (SSSR count). The highest BCUT2D eigenvalue weighted by Gasteiger charge is 2.31. The summed E-state index contributed by atoms with van der Waals surface area (Å²) in [6.45, 7) is 2.52. The first kappa shape index (κ1) is 15.0. The fourth-order valence-corrected chi connectivity index (χ4v) is 3.74. The van der Waals surface area contributed by atoms with Crippen LogP contribution in [0.15, 0.2) is 24.3 Å². The molecule has 6 heteroatoms. The molecule has 1 aromatic carbocycles. The smallest absolute Gasteiger partial charge is 0.237 e. The Hall–Kier alpha value is -2.52. The lowest BCUT2D eigenvalue weighted by molar-refractivity contribution is -0.125. The van der Waals surface area contributed by atoms with E-state index in [0.29, 0.717) is 0 Å². The number of hydrogen-bond acceptors (Lipinski definition) is 4. The van der Waals surface area contributed by atoms with Gasteiger partial charge in [-0.3, -0.25) is 4.79 Å². The van der Waals surface area contributed by atoms with Gasteiger partial charge in [0.2, 0.25) is 5.91 Å². The normalized spacial score (nSPS) is 23.1. The van der Waals surface area contributed by atoms with E-state index in [0.717, 1.165) is 54.8 Å². The zero-order valence-electron chi connectivity index (χ0n) is 13.7. The number of anilines is 1. The number of amides is 1. The van der Waals surface area contributed by atoms with Crippen LogP contribution < -0.4 is 15.5 Å². The van der Waals surface area contributed by atoms with Crippen molar-refractivity contribution in [3.05, 3.63) is 29.8 Å². The van der Waals surface area contributed by atoms with Crippen molar-refractivity contribution in [3.63, 3.8) is 0 Å². The second-order valence-corrected chi connectivity index (χ2v) is 6.62. The summed E-state index contributed by atoms with van der Waals surface area (Å²) in [4.78, 5) is 14.3. The molecular formula is C18H21N5O. The van der Waals surface area contributed by atoms with Crippen LogP contribution in [-0.2, 0) is 11.8 Å². The molecule has 124 valence electrons. The molecule has 6 nitrogen and oxygen atoms in total. The standard InChI is InChI=1S/C18H21N5O/c1-22-16-5-3-2-4-13(16)14(10-19)18(22)23-9-7-12(11-23)21-17(24)15-6-8-20-15/h2-5,12,15,20H,6-9,11H2,1H3,(H,21,24). The maximum absolute atomic E-state index is 12.1. The van der Waals surface area contributed by atoms with E-state index in [4.69, 9.17) is 0 Å². The fourth-order valence-electron chi connectivity index (χ4n) is 3.74. The van der Waals surface area contributed by atoms with Crippen molar-refractivity contribution in [3.8, 4) is 6.07 Å². The molecule has 1 aromatic heterocycles. The third-order valence-electron chi connectivity index (χ3n) is 5.16. The van der Waals surface area contributed by atoms with Crippen molar-refractivity contribution in [1.29, 1.82) is 5.26 Å². The topological polar surface area (TPSA) is 73.1 Å². The van der Waals surface area contributed by atoms with Crippen LogP contribution in [-0.4, -0.2) is 42.2 Å². The number of aromatic nitrogens is 1. The van der Waals surface area contributed by atoms with Crippen LogP contribution in [0.3, 0.4) is 0 Å². The average molecular weight is 323 g/mol. The Balaban J connectivity index is 1.57. The Morgan fingerprint density at radius 2 is 2.17 bits per heavy atom. The lowest BCUT2D eigenvalue weighted by Crippen LogP contribution is -2.55. The molecule has 0 bridgehead atoms. The van der Waals surface area contributed by atoms with Crippen LogP contribution in [0.5, 0.6) is 0 Å². The monoisotopic (exact) mass is 323 g/mol. The van der Waals surface area contributed by atoms with E-state index in [1.165, 1.54) is 0 Å². The molecular weight excluding hydrogens is 302 g/mol. The van der Waals surface area contributed by atoms with Gasteiger partial charge in [-0.1, -0.05) is 18.2 Å². The quantitative estimate of drug-likeness (QED) is 0.887. The minimum atomic E-state index is -0.0219. The van der Waals surface area contributed by atoms with Crippen LogP contribution in [0, 0.1) is 11.3 Å². The van der Waals surface area contributed by atoms with E-state index in [9.17, 15) is 10.1 Å². The molecule has 2 aliphatic rings. The summed E-state index contributed by atoms with van der Waals surface area (Å²) in [6.07, 6.45) is 1.83. The molecule has 2 saturated heterocycles. The van der Waals surface area contributed by atoms with Gasteiger partial charge in [0.15, 0.2) is 0 Å². The zero-order chi connectivity index (χ0) is 16.7. The molecule has 2 aromatic rings. The summed E-state index contributed by atoms with van der Waals surface area (Å²) >= 11 is 0. The molecule has 0 saturated carbocycles. The highest BCUT2D eigenvalue weighted by molar-refractivity contribution is 5.93. The van der Waals surface area contributed by atoms with Crippen LogP contribution in [0.1, 0.15) is 18.4 Å². The number of carbonyl (C=O) groups excluding carboxylic acids is 1. The predicted octanol–water partition coefficient (Wildman–Crippen LogP) is 1.11. The SMILES string of the molecule is Cn1c(N2CCC(NC(=O)C3CCN3)C2)c(C#N)c2ccccc21. The van der Waals surface area contributed by atoms with E-state index in [-0.39, 0.29) is 18.0 Å². The average Bonchev–Trinajstić information content (AvgIpc) is 3.08. The number of nitriles is 1. The van der Waals surface area contributed by atoms with Gasteiger partial charge in [0.05, 0.1) is 11.6 Å². The first-order valence-electron chi connectivity index (χ1n) is 8.45. The van der Waals surface area contributed by atoms with Crippen LogP contribution in [0.25, 0.3) is 10.9 Å². The first-order chi connectivity index (χ1) is 11.7. The summed E-state index contributed by atoms with van der Waals surface area (Å²) in [6, 6.07) is 10.5. The van der Waals surface area contributed by atoms with Gasteiger partial charge in [0.1, 0.15) is 17.5 Å². The van der Waals surface area contributed by atoms with Gasteiger partial charge in [0.25, 0.3) is 0 Å².